The summed E-state index contributed by atoms with van der Waals surface area (Å²) < 4.78 is 32.8. The Labute approximate surface area is 185 Å². The normalized spacial score (nSPS) is 15.6. The van der Waals surface area contributed by atoms with Gasteiger partial charge in [0.25, 0.3) is 5.91 Å². The van der Waals surface area contributed by atoms with Crippen LogP contribution in [0.4, 0.5) is 0 Å². The minimum atomic E-state index is -3.48. The lowest BCUT2D eigenvalue weighted by atomic mass is 10.1. The first-order valence-electron chi connectivity index (χ1n) is 10.4. The standard InChI is InChI=1S/C23H31N3O4S/c1-17-13-18(2)19(3)22(14-17)30-16-23(27)24-15-20-5-7-21(8-6-20)31(28,29)26-11-9-25(4)10-12-26/h5-8,13-14H,9-12,15-16H2,1-4H3,(H,24,27). The van der Waals surface area contributed by atoms with Gasteiger partial charge in [0.15, 0.2) is 6.61 Å². The number of likely N-dealkylation sites (N-methyl/N-ethyl adjacent to an activating group) is 1. The van der Waals surface area contributed by atoms with Crippen LogP contribution in [-0.4, -0.2) is 63.4 Å². The van der Waals surface area contributed by atoms with E-state index in [1.807, 2.05) is 33.9 Å². The van der Waals surface area contributed by atoms with Crippen LogP contribution in [0, 0.1) is 20.8 Å². The molecular formula is C23H31N3O4S. The summed E-state index contributed by atoms with van der Waals surface area (Å²) in [6.45, 7) is 8.67. The van der Waals surface area contributed by atoms with Gasteiger partial charge in [-0.05, 0) is 68.3 Å². The van der Waals surface area contributed by atoms with Crippen molar-refractivity contribution >= 4 is 15.9 Å². The molecule has 0 bridgehead atoms. The number of carbonyl (C=O) groups excluding carboxylic acids is 1. The van der Waals surface area contributed by atoms with Gasteiger partial charge in [0.05, 0.1) is 4.90 Å². The van der Waals surface area contributed by atoms with E-state index in [0.29, 0.717) is 25.4 Å². The minimum absolute atomic E-state index is 0.0698. The second kappa shape index (κ2) is 9.80. The Bertz CT molecular complexity index is 1030. The Morgan fingerprint density at radius 2 is 1.68 bits per heavy atom. The molecule has 31 heavy (non-hydrogen) atoms. The highest BCUT2D eigenvalue weighted by atomic mass is 32.2. The van der Waals surface area contributed by atoms with E-state index in [2.05, 4.69) is 16.3 Å². The first-order valence-corrected chi connectivity index (χ1v) is 11.9. The van der Waals surface area contributed by atoms with Crippen molar-refractivity contribution in [3.05, 3.63) is 58.7 Å². The van der Waals surface area contributed by atoms with E-state index >= 15 is 0 Å². The zero-order valence-corrected chi connectivity index (χ0v) is 19.5. The number of carbonyl (C=O) groups is 1. The van der Waals surface area contributed by atoms with Crippen LogP contribution in [-0.2, 0) is 21.4 Å². The first-order chi connectivity index (χ1) is 14.7. The average Bonchev–Trinajstić information content (AvgIpc) is 2.74. The SMILES string of the molecule is Cc1cc(C)c(C)c(OCC(=O)NCc2ccc(S(=O)(=O)N3CCN(C)CC3)cc2)c1. The maximum absolute atomic E-state index is 12.8. The van der Waals surface area contributed by atoms with Crippen molar-refractivity contribution in [2.24, 2.45) is 0 Å². The number of ether oxygens (including phenoxy) is 1. The smallest absolute Gasteiger partial charge is 0.258 e. The van der Waals surface area contributed by atoms with Crippen LogP contribution in [0.25, 0.3) is 0 Å². The Balaban J connectivity index is 1.53. The van der Waals surface area contributed by atoms with Gasteiger partial charge in [-0.2, -0.15) is 4.31 Å². The molecule has 8 heteroatoms. The largest absolute Gasteiger partial charge is 0.483 e. The highest BCUT2D eigenvalue weighted by molar-refractivity contribution is 7.89. The van der Waals surface area contributed by atoms with Gasteiger partial charge < -0.3 is 15.0 Å². The Hall–Kier alpha value is -2.42. The highest BCUT2D eigenvalue weighted by Gasteiger charge is 2.27. The molecule has 0 aliphatic carbocycles. The number of nitrogens with zero attached hydrogens (tertiary/aromatic N) is 2. The number of hydrogen-bond donors (Lipinski definition) is 1. The van der Waals surface area contributed by atoms with E-state index in [4.69, 9.17) is 4.74 Å². The lowest BCUT2D eigenvalue weighted by Gasteiger charge is -2.31. The van der Waals surface area contributed by atoms with E-state index in [-0.39, 0.29) is 17.4 Å². The summed E-state index contributed by atoms with van der Waals surface area (Å²) in [4.78, 5) is 14.6. The molecule has 2 aromatic carbocycles. The summed E-state index contributed by atoms with van der Waals surface area (Å²) in [5, 5.41) is 2.82. The fraction of sp³-hybridized carbons (Fsp3) is 0.435. The number of hydrogen-bond acceptors (Lipinski definition) is 5. The molecule has 1 saturated heterocycles. The van der Waals surface area contributed by atoms with E-state index in [0.717, 1.165) is 35.3 Å². The predicted octanol–water partition coefficient (Wildman–Crippen LogP) is 2.24. The molecule has 1 aliphatic rings. The molecule has 0 spiro atoms. The van der Waals surface area contributed by atoms with Crippen molar-refractivity contribution in [3.63, 3.8) is 0 Å². The molecular weight excluding hydrogens is 414 g/mol. The van der Waals surface area contributed by atoms with Gasteiger partial charge in [-0.3, -0.25) is 4.79 Å². The molecule has 0 aromatic heterocycles. The molecule has 1 N–H and O–H groups in total. The van der Waals surface area contributed by atoms with Crippen molar-refractivity contribution in [2.75, 3.05) is 39.8 Å². The monoisotopic (exact) mass is 445 g/mol. The second-order valence-corrected chi connectivity index (χ2v) is 10.1. The molecule has 2 aromatic rings. The van der Waals surface area contributed by atoms with Gasteiger partial charge in [-0.1, -0.05) is 18.2 Å². The van der Waals surface area contributed by atoms with E-state index in [1.165, 1.54) is 4.31 Å². The zero-order chi connectivity index (χ0) is 22.6. The molecule has 0 saturated carbocycles. The van der Waals surface area contributed by atoms with E-state index in [9.17, 15) is 13.2 Å². The lowest BCUT2D eigenvalue weighted by molar-refractivity contribution is -0.123. The number of sulfonamides is 1. The maximum atomic E-state index is 12.8. The predicted molar refractivity (Wildman–Crippen MR) is 121 cm³/mol. The average molecular weight is 446 g/mol. The summed E-state index contributed by atoms with van der Waals surface area (Å²) in [5.41, 5.74) is 4.07. The molecule has 0 atom stereocenters. The molecule has 0 radical (unpaired) electrons. The third-order valence-electron chi connectivity index (χ3n) is 5.64. The van der Waals surface area contributed by atoms with Crippen molar-refractivity contribution in [3.8, 4) is 5.75 Å². The molecule has 1 aliphatic heterocycles. The van der Waals surface area contributed by atoms with Crippen LogP contribution in [0.15, 0.2) is 41.3 Å². The van der Waals surface area contributed by atoms with Gasteiger partial charge in [-0.25, -0.2) is 8.42 Å². The Morgan fingerprint density at radius 3 is 2.32 bits per heavy atom. The third kappa shape index (κ3) is 5.84. The summed E-state index contributed by atoms with van der Waals surface area (Å²) in [5.74, 6) is 0.485. The molecule has 1 amide bonds. The van der Waals surface area contributed by atoms with Crippen LogP contribution in [0.5, 0.6) is 5.75 Å². The summed E-state index contributed by atoms with van der Waals surface area (Å²) >= 11 is 0. The molecule has 0 unspecified atom stereocenters. The molecule has 1 heterocycles. The minimum Gasteiger partial charge on any atom is -0.483 e. The van der Waals surface area contributed by atoms with Crippen molar-refractivity contribution in [1.29, 1.82) is 0 Å². The van der Waals surface area contributed by atoms with Gasteiger partial charge in [0.1, 0.15) is 5.75 Å². The van der Waals surface area contributed by atoms with Crippen LogP contribution in [0.3, 0.4) is 0 Å². The van der Waals surface area contributed by atoms with Gasteiger partial charge in [0, 0.05) is 32.7 Å². The third-order valence-corrected chi connectivity index (χ3v) is 7.55. The maximum Gasteiger partial charge on any atom is 0.258 e. The Kier molecular flexibility index (Phi) is 7.35. The number of benzene rings is 2. The van der Waals surface area contributed by atoms with Crippen molar-refractivity contribution < 1.29 is 17.9 Å². The van der Waals surface area contributed by atoms with Crippen LogP contribution < -0.4 is 10.1 Å². The number of amides is 1. The van der Waals surface area contributed by atoms with Crippen molar-refractivity contribution in [2.45, 2.75) is 32.2 Å². The second-order valence-electron chi connectivity index (χ2n) is 8.12. The summed E-state index contributed by atoms with van der Waals surface area (Å²) in [6, 6.07) is 10.7. The van der Waals surface area contributed by atoms with E-state index < -0.39 is 10.0 Å². The topological polar surface area (TPSA) is 78.9 Å². The fourth-order valence-corrected chi connectivity index (χ4v) is 4.92. The lowest BCUT2D eigenvalue weighted by Crippen LogP contribution is -2.47. The summed E-state index contributed by atoms with van der Waals surface area (Å²) in [6.07, 6.45) is 0. The Morgan fingerprint density at radius 1 is 1.03 bits per heavy atom. The number of aryl methyl sites for hydroxylation is 2. The molecule has 3 rings (SSSR count). The van der Waals surface area contributed by atoms with Crippen LogP contribution in [0.1, 0.15) is 22.3 Å². The fourth-order valence-electron chi connectivity index (χ4n) is 3.50. The van der Waals surface area contributed by atoms with Gasteiger partial charge in [0.2, 0.25) is 10.0 Å². The quantitative estimate of drug-likeness (QED) is 0.707. The summed E-state index contributed by atoms with van der Waals surface area (Å²) in [7, 11) is -1.50. The number of rotatable bonds is 7. The van der Waals surface area contributed by atoms with E-state index in [1.54, 1.807) is 24.3 Å². The van der Waals surface area contributed by atoms with Gasteiger partial charge in [-0.15, -0.1) is 0 Å². The number of nitrogens with one attached hydrogen (secondary N) is 1. The zero-order valence-electron chi connectivity index (χ0n) is 18.6. The first kappa shape index (κ1) is 23.2. The number of piperazine rings is 1. The molecule has 7 nitrogen and oxygen atoms in total. The van der Waals surface area contributed by atoms with Crippen LogP contribution >= 0.6 is 0 Å². The van der Waals surface area contributed by atoms with Crippen LogP contribution in [0.2, 0.25) is 0 Å². The highest BCUT2D eigenvalue weighted by Crippen LogP contribution is 2.23. The van der Waals surface area contributed by atoms with Gasteiger partial charge >= 0.3 is 0 Å². The molecule has 168 valence electrons. The van der Waals surface area contributed by atoms with Crippen molar-refractivity contribution in [1.82, 2.24) is 14.5 Å². The molecule has 1 fully saturated rings.